The first-order chi connectivity index (χ1) is 13.2. The van der Waals surface area contributed by atoms with Crippen LogP contribution in [0.5, 0.6) is 0 Å². The van der Waals surface area contributed by atoms with Gasteiger partial charge in [0.2, 0.25) is 11.0 Å². The highest BCUT2D eigenvalue weighted by Crippen LogP contribution is 2.26. The summed E-state index contributed by atoms with van der Waals surface area (Å²) in [6.07, 6.45) is 3.96. The first-order valence-corrected chi connectivity index (χ1v) is 10.9. The molecule has 1 aromatic carbocycles. The maximum absolute atomic E-state index is 13.1. The van der Waals surface area contributed by atoms with Crippen molar-refractivity contribution in [3.63, 3.8) is 0 Å². The third-order valence-corrected chi connectivity index (χ3v) is 5.83. The summed E-state index contributed by atoms with van der Waals surface area (Å²) in [6, 6.07) is 9.14. The Morgan fingerprint density at radius 2 is 1.75 bits per heavy atom. The SMILES string of the molecule is C[C@H](CSC(=O)c1ccccc1)C(=O)N(CC(=O)OC(C)(C)C)C1CCCC1. The van der Waals surface area contributed by atoms with E-state index in [9.17, 15) is 14.4 Å². The maximum atomic E-state index is 13.1. The Morgan fingerprint density at radius 1 is 1.14 bits per heavy atom. The van der Waals surface area contributed by atoms with Crippen molar-refractivity contribution >= 4 is 28.8 Å². The lowest BCUT2D eigenvalue weighted by Crippen LogP contribution is -2.46. The third-order valence-electron chi connectivity index (χ3n) is 4.66. The smallest absolute Gasteiger partial charge is 0.326 e. The Bertz CT molecular complexity index is 678. The predicted octanol–water partition coefficient (Wildman–Crippen LogP) is 4.31. The van der Waals surface area contributed by atoms with E-state index in [0.717, 1.165) is 37.4 Å². The molecule has 1 fully saturated rings. The van der Waals surface area contributed by atoms with Crippen LogP contribution in [0.4, 0.5) is 0 Å². The minimum atomic E-state index is -0.578. The van der Waals surface area contributed by atoms with Gasteiger partial charge in [0.15, 0.2) is 0 Å². The Kier molecular flexibility index (Phi) is 8.10. The van der Waals surface area contributed by atoms with Gasteiger partial charge in [0.05, 0.1) is 0 Å². The van der Waals surface area contributed by atoms with Crippen LogP contribution < -0.4 is 0 Å². The average molecular weight is 406 g/mol. The topological polar surface area (TPSA) is 63.7 Å². The summed E-state index contributed by atoms with van der Waals surface area (Å²) >= 11 is 1.15. The number of ether oxygens (including phenoxy) is 1. The molecule has 5 nitrogen and oxygen atoms in total. The summed E-state index contributed by atoms with van der Waals surface area (Å²) in [4.78, 5) is 39.4. The molecule has 0 aromatic heterocycles. The molecule has 2 rings (SSSR count). The molecule has 0 saturated heterocycles. The second-order valence-corrected chi connectivity index (χ2v) is 9.35. The molecular formula is C22H31NO4S. The number of benzene rings is 1. The Balaban J connectivity index is 1.98. The van der Waals surface area contributed by atoms with Crippen LogP contribution in [0.25, 0.3) is 0 Å². The number of rotatable bonds is 7. The largest absolute Gasteiger partial charge is 0.459 e. The minimum Gasteiger partial charge on any atom is -0.459 e. The van der Waals surface area contributed by atoms with Crippen molar-refractivity contribution in [3.05, 3.63) is 35.9 Å². The molecule has 1 saturated carbocycles. The van der Waals surface area contributed by atoms with Gasteiger partial charge in [0.25, 0.3) is 0 Å². The number of carbonyl (C=O) groups excluding carboxylic acids is 3. The second-order valence-electron chi connectivity index (χ2n) is 8.36. The van der Waals surface area contributed by atoms with E-state index in [0.29, 0.717) is 11.3 Å². The van der Waals surface area contributed by atoms with Gasteiger partial charge in [-0.15, -0.1) is 0 Å². The number of esters is 1. The first-order valence-electron chi connectivity index (χ1n) is 9.92. The minimum absolute atomic E-state index is 0.0254. The van der Waals surface area contributed by atoms with Gasteiger partial charge in [0, 0.05) is 23.3 Å². The van der Waals surface area contributed by atoms with Crippen LogP contribution in [-0.4, -0.2) is 45.8 Å². The molecule has 0 aliphatic heterocycles. The normalized spacial score (nSPS) is 15.9. The monoisotopic (exact) mass is 405 g/mol. The molecular weight excluding hydrogens is 374 g/mol. The number of hydrogen-bond donors (Lipinski definition) is 0. The summed E-state index contributed by atoms with van der Waals surface area (Å²) < 4.78 is 5.42. The van der Waals surface area contributed by atoms with Gasteiger partial charge in [-0.05, 0) is 33.6 Å². The highest BCUT2D eigenvalue weighted by atomic mass is 32.2. The van der Waals surface area contributed by atoms with Crippen LogP contribution in [-0.2, 0) is 14.3 Å². The van der Waals surface area contributed by atoms with Crippen molar-refractivity contribution in [1.29, 1.82) is 0 Å². The van der Waals surface area contributed by atoms with Gasteiger partial charge < -0.3 is 9.64 Å². The molecule has 1 aromatic rings. The fourth-order valence-corrected chi connectivity index (χ4v) is 4.18. The van der Waals surface area contributed by atoms with E-state index in [1.54, 1.807) is 17.0 Å². The van der Waals surface area contributed by atoms with Gasteiger partial charge in [-0.2, -0.15) is 0 Å². The molecule has 1 aliphatic rings. The first kappa shape index (κ1) is 22.5. The van der Waals surface area contributed by atoms with E-state index < -0.39 is 5.60 Å². The standard InChI is InChI=1S/C22H31NO4S/c1-16(15-28-21(26)17-10-6-5-7-11-17)20(25)23(18-12-8-9-13-18)14-19(24)27-22(2,3)4/h5-7,10-11,16,18H,8-9,12-15H2,1-4H3/t16-/m1/s1. The van der Waals surface area contributed by atoms with Crippen molar-refractivity contribution in [2.45, 2.75) is 65.0 Å². The van der Waals surface area contributed by atoms with Crippen LogP contribution in [0.3, 0.4) is 0 Å². The van der Waals surface area contributed by atoms with E-state index in [4.69, 9.17) is 4.74 Å². The van der Waals surface area contributed by atoms with Gasteiger partial charge in [0.1, 0.15) is 12.1 Å². The molecule has 28 heavy (non-hydrogen) atoms. The summed E-state index contributed by atoms with van der Waals surface area (Å²) in [5, 5.41) is -0.0418. The van der Waals surface area contributed by atoms with Crippen molar-refractivity contribution in [2.24, 2.45) is 5.92 Å². The highest BCUT2D eigenvalue weighted by Gasteiger charge is 2.32. The van der Waals surface area contributed by atoms with Crippen LogP contribution in [0, 0.1) is 5.92 Å². The number of carbonyl (C=O) groups is 3. The molecule has 0 N–H and O–H groups in total. The summed E-state index contributed by atoms with van der Waals surface area (Å²) in [6.45, 7) is 7.26. The van der Waals surface area contributed by atoms with Crippen molar-refractivity contribution < 1.29 is 19.1 Å². The van der Waals surface area contributed by atoms with E-state index in [2.05, 4.69) is 0 Å². The zero-order chi connectivity index (χ0) is 20.7. The van der Waals surface area contributed by atoms with Gasteiger partial charge >= 0.3 is 5.97 Å². The molecule has 6 heteroatoms. The number of nitrogens with zero attached hydrogens (tertiary/aromatic N) is 1. The fourth-order valence-electron chi connectivity index (χ4n) is 3.33. The van der Waals surface area contributed by atoms with E-state index in [-0.39, 0.29) is 35.5 Å². The van der Waals surface area contributed by atoms with E-state index in [1.807, 2.05) is 45.9 Å². The highest BCUT2D eigenvalue weighted by molar-refractivity contribution is 8.14. The zero-order valence-corrected chi connectivity index (χ0v) is 18.1. The van der Waals surface area contributed by atoms with E-state index in [1.165, 1.54) is 0 Å². The predicted molar refractivity (Wildman–Crippen MR) is 112 cm³/mol. The average Bonchev–Trinajstić information content (AvgIpc) is 3.17. The van der Waals surface area contributed by atoms with Crippen LogP contribution in [0.15, 0.2) is 30.3 Å². The Morgan fingerprint density at radius 3 is 2.32 bits per heavy atom. The van der Waals surface area contributed by atoms with Gasteiger partial charge in [-0.3, -0.25) is 14.4 Å². The molecule has 0 heterocycles. The number of hydrogen-bond acceptors (Lipinski definition) is 5. The fraction of sp³-hybridized carbons (Fsp3) is 0.591. The summed E-state index contributed by atoms with van der Waals surface area (Å²) in [5.74, 6) is -0.413. The van der Waals surface area contributed by atoms with Crippen LogP contribution in [0.1, 0.15) is 63.7 Å². The second kappa shape index (κ2) is 10.1. The lowest BCUT2D eigenvalue weighted by atomic mass is 10.1. The van der Waals surface area contributed by atoms with Crippen LogP contribution >= 0.6 is 11.8 Å². The number of thioether (sulfide) groups is 1. The lowest BCUT2D eigenvalue weighted by molar-refractivity contribution is -0.160. The van der Waals surface area contributed by atoms with Crippen molar-refractivity contribution in [2.75, 3.05) is 12.3 Å². The van der Waals surface area contributed by atoms with E-state index >= 15 is 0 Å². The lowest BCUT2D eigenvalue weighted by Gasteiger charge is -2.31. The molecule has 1 atom stereocenters. The molecule has 0 unspecified atom stereocenters. The molecule has 154 valence electrons. The quantitative estimate of drug-likeness (QED) is 0.633. The third kappa shape index (κ3) is 6.97. The molecule has 1 aliphatic carbocycles. The molecule has 0 radical (unpaired) electrons. The van der Waals surface area contributed by atoms with Gasteiger partial charge in [-0.1, -0.05) is 61.9 Å². The summed E-state index contributed by atoms with van der Waals surface area (Å²) in [5.41, 5.74) is 0.0546. The van der Waals surface area contributed by atoms with Gasteiger partial charge in [-0.25, -0.2) is 0 Å². The Labute approximate surface area is 172 Å². The van der Waals surface area contributed by atoms with Crippen molar-refractivity contribution in [3.8, 4) is 0 Å². The zero-order valence-electron chi connectivity index (χ0n) is 17.3. The molecule has 0 spiro atoms. The Hall–Kier alpha value is -1.82. The number of amides is 1. The maximum Gasteiger partial charge on any atom is 0.326 e. The summed E-state index contributed by atoms with van der Waals surface area (Å²) in [7, 11) is 0. The molecule has 0 bridgehead atoms. The van der Waals surface area contributed by atoms with Crippen LogP contribution in [0.2, 0.25) is 0 Å². The van der Waals surface area contributed by atoms with Crippen molar-refractivity contribution in [1.82, 2.24) is 4.90 Å². The molecule has 1 amide bonds.